The maximum atomic E-state index is 13.6. The number of benzene rings is 1. The van der Waals surface area contributed by atoms with Crippen LogP contribution >= 0.6 is 0 Å². The lowest BCUT2D eigenvalue weighted by atomic mass is 10.1. The molecule has 2 atom stereocenters. The molecule has 0 saturated heterocycles. The highest BCUT2D eigenvalue weighted by Gasteiger charge is 2.27. The number of rotatable bonds is 4. The molecule has 1 aliphatic rings. The molecule has 0 amide bonds. The molecule has 4 N–H and O–H groups in total. The van der Waals surface area contributed by atoms with Gasteiger partial charge in [0.1, 0.15) is 4.90 Å². The summed E-state index contributed by atoms with van der Waals surface area (Å²) in [5, 5.41) is 9.36. The normalized spacial score (nSPS) is 23.1. The van der Waals surface area contributed by atoms with Crippen LogP contribution in [0.1, 0.15) is 19.3 Å². The van der Waals surface area contributed by atoms with E-state index >= 15 is 0 Å². The van der Waals surface area contributed by atoms with Crippen LogP contribution < -0.4 is 10.5 Å². The van der Waals surface area contributed by atoms with Gasteiger partial charge in [-0.2, -0.15) is 0 Å². The largest absolute Gasteiger partial charge is 0.399 e. The molecule has 2 rings (SSSR count). The summed E-state index contributed by atoms with van der Waals surface area (Å²) >= 11 is 0. The minimum absolute atomic E-state index is 0.00579. The van der Waals surface area contributed by atoms with Crippen molar-refractivity contribution in [3.05, 3.63) is 23.8 Å². The van der Waals surface area contributed by atoms with Gasteiger partial charge in [-0.25, -0.2) is 21.9 Å². The SMILES string of the molecule is Nc1cc(F)c(F)c(S(=O)(=O)NCC2CCC(O)C2)c1. The quantitative estimate of drug-likeness (QED) is 0.723. The third-order valence-corrected chi connectivity index (χ3v) is 4.81. The molecule has 0 aromatic heterocycles. The molecule has 0 aliphatic heterocycles. The molecule has 20 heavy (non-hydrogen) atoms. The van der Waals surface area contributed by atoms with E-state index in [1.54, 1.807) is 0 Å². The van der Waals surface area contributed by atoms with Crippen LogP contribution in [0.5, 0.6) is 0 Å². The van der Waals surface area contributed by atoms with Crippen molar-refractivity contribution in [2.24, 2.45) is 5.92 Å². The zero-order valence-corrected chi connectivity index (χ0v) is 11.5. The van der Waals surface area contributed by atoms with Crippen LogP contribution in [-0.2, 0) is 10.0 Å². The van der Waals surface area contributed by atoms with E-state index in [1.165, 1.54) is 0 Å². The Hall–Kier alpha value is -1.25. The predicted molar refractivity (Wildman–Crippen MR) is 69.3 cm³/mol. The summed E-state index contributed by atoms with van der Waals surface area (Å²) in [4.78, 5) is -0.798. The van der Waals surface area contributed by atoms with Gasteiger partial charge >= 0.3 is 0 Å². The van der Waals surface area contributed by atoms with E-state index in [1.807, 2.05) is 0 Å². The van der Waals surface area contributed by atoms with Crippen molar-refractivity contribution >= 4 is 15.7 Å². The van der Waals surface area contributed by atoms with Gasteiger partial charge in [-0.3, -0.25) is 0 Å². The van der Waals surface area contributed by atoms with E-state index in [0.717, 1.165) is 12.1 Å². The van der Waals surface area contributed by atoms with Crippen LogP contribution in [-0.4, -0.2) is 26.2 Å². The number of nitrogen functional groups attached to an aromatic ring is 1. The van der Waals surface area contributed by atoms with Crippen LogP contribution in [0.25, 0.3) is 0 Å². The first-order valence-corrected chi connectivity index (χ1v) is 7.70. The second-order valence-corrected chi connectivity index (χ2v) is 6.74. The Bertz CT molecular complexity index is 607. The second kappa shape index (κ2) is 5.63. The Morgan fingerprint density at radius 2 is 2.05 bits per heavy atom. The highest BCUT2D eigenvalue weighted by molar-refractivity contribution is 7.89. The number of anilines is 1. The second-order valence-electron chi connectivity index (χ2n) is 5.00. The third kappa shape index (κ3) is 3.25. The molecule has 0 radical (unpaired) electrons. The average Bonchev–Trinajstić information content (AvgIpc) is 2.77. The maximum absolute atomic E-state index is 13.6. The number of hydrogen-bond donors (Lipinski definition) is 3. The highest BCUT2D eigenvalue weighted by atomic mass is 32.2. The van der Waals surface area contributed by atoms with Gasteiger partial charge < -0.3 is 10.8 Å². The number of sulfonamides is 1. The standard InChI is InChI=1S/C12H16F2N2O3S/c13-10-4-8(15)5-11(12(10)14)20(18,19)16-6-7-1-2-9(17)3-7/h4-5,7,9,16-17H,1-3,6,15H2. The summed E-state index contributed by atoms with van der Waals surface area (Å²) in [7, 11) is -4.17. The number of hydrogen-bond acceptors (Lipinski definition) is 4. The van der Waals surface area contributed by atoms with Crippen molar-refractivity contribution in [2.75, 3.05) is 12.3 Å². The van der Waals surface area contributed by atoms with Crippen LogP contribution in [0.2, 0.25) is 0 Å². The topological polar surface area (TPSA) is 92.4 Å². The van der Waals surface area contributed by atoms with E-state index < -0.39 is 32.7 Å². The fourth-order valence-electron chi connectivity index (χ4n) is 2.32. The van der Waals surface area contributed by atoms with Gasteiger partial charge in [-0.1, -0.05) is 0 Å². The predicted octanol–water partition coefficient (Wildman–Crippen LogP) is 0.986. The molecule has 2 unspecified atom stereocenters. The lowest BCUT2D eigenvalue weighted by molar-refractivity contribution is 0.178. The van der Waals surface area contributed by atoms with E-state index in [4.69, 9.17) is 5.73 Å². The molecule has 112 valence electrons. The van der Waals surface area contributed by atoms with Crippen LogP contribution in [0.4, 0.5) is 14.5 Å². The van der Waals surface area contributed by atoms with Crippen molar-refractivity contribution in [1.82, 2.24) is 4.72 Å². The molecule has 1 aromatic carbocycles. The molecule has 8 heteroatoms. The van der Waals surface area contributed by atoms with Crippen molar-refractivity contribution in [1.29, 1.82) is 0 Å². The van der Waals surface area contributed by atoms with Gasteiger partial charge in [0.15, 0.2) is 11.6 Å². The lowest BCUT2D eigenvalue weighted by Gasteiger charge is -2.12. The zero-order chi connectivity index (χ0) is 14.9. The van der Waals surface area contributed by atoms with Crippen molar-refractivity contribution < 1.29 is 22.3 Å². The highest BCUT2D eigenvalue weighted by Crippen LogP contribution is 2.26. The van der Waals surface area contributed by atoms with E-state index in [0.29, 0.717) is 19.3 Å². The number of halogens is 2. The van der Waals surface area contributed by atoms with E-state index in [-0.39, 0.29) is 18.2 Å². The summed E-state index contributed by atoms with van der Waals surface area (Å²) in [5.74, 6) is -2.76. The van der Waals surface area contributed by atoms with Gasteiger partial charge in [-0.15, -0.1) is 0 Å². The summed E-state index contributed by atoms with van der Waals surface area (Å²) in [6.45, 7) is 0.0786. The van der Waals surface area contributed by atoms with Crippen LogP contribution in [0.15, 0.2) is 17.0 Å². The summed E-state index contributed by atoms with van der Waals surface area (Å²) in [5.41, 5.74) is 5.16. The number of nitrogens with two attached hydrogens (primary N) is 1. The summed E-state index contributed by atoms with van der Waals surface area (Å²) < 4.78 is 52.9. The Morgan fingerprint density at radius 3 is 2.65 bits per heavy atom. The monoisotopic (exact) mass is 306 g/mol. The molecule has 0 bridgehead atoms. The maximum Gasteiger partial charge on any atom is 0.243 e. The van der Waals surface area contributed by atoms with Crippen LogP contribution in [0, 0.1) is 17.6 Å². The molecule has 1 aliphatic carbocycles. The molecule has 5 nitrogen and oxygen atoms in total. The lowest BCUT2D eigenvalue weighted by Crippen LogP contribution is -2.29. The fourth-order valence-corrected chi connectivity index (χ4v) is 3.55. The fraction of sp³-hybridized carbons (Fsp3) is 0.500. The van der Waals surface area contributed by atoms with Gasteiger partial charge in [-0.05, 0) is 37.3 Å². The van der Waals surface area contributed by atoms with E-state index in [9.17, 15) is 22.3 Å². The number of nitrogens with one attached hydrogen (secondary N) is 1. The first-order valence-electron chi connectivity index (χ1n) is 6.22. The third-order valence-electron chi connectivity index (χ3n) is 3.38. The molecule has 1 aromatic rings. The Morgan fingerprint density at radius 1 is 1.35 bits per heavy atom. The smallest absolute Gasteiger partial charge is 0.243 e. The number of aliphatic hydroxyl groups excluding tert-OH is 1. The summed E-state index contributed by atoms with van der Waals surface area (Å²) in [6.07, 6.45) is 1.38. The Labute approximate surface area is 115 Å². The van der Waals surface area contributed by atoms with E-state index in [2.05, 4.69) is 4.72 Å². The van der Waals surface area contributed by atoms with Crippen LogP contribution in [0.3, 0.4) is 0 Å². The first kappa shape index (κ1) is 15.1. The molecular weight excluding hydrogens is 290 g/mol. The zero-order valence-electron chi connectivity index (χ0n) is 10.6. The Kier molecular flexibility index (Phi) is 4.26. The molecule has 1 fully saturated rings. The Balaban J connectivity index is 2.14. The van der Waals surface area contributed by atoms with Crippen molar-refractivity contribution in [2.45, 2.75) is 30.3 Å². The average molecular weight is 306 g/mol. The minimum atomic E-state index is -4.17. The van der Waals surface area contributed by atoms with Gasteiger partial charge in [0.05, 0.1) is 6.10 Å². The summed E-state index contributed by atoms with van der Waals surface area (Å²) in [6, 6.07) is 1.60. The molecule has 0 heterocycles. The number of aliphatic hydroxyl groups is 1. The van der Waals surface area contributed by atoms with Gasteiger partial charge in [0.2, 0.25) is 10.0 Å². The molecule has 0 spiro atoms. The molecule has 1 saturated carbocycles. The van der Waals surface area contributed by atoms with Gasteiger partial charge in [0, 0.05) is 12.2 Å². The minimum Gasteiger partial charge on any atom is -0.399 e. The van der Waals surface area contributed by atoms with Crippen molar-refractivity contribution in [3.8, 4) is 0 Å². The van der Waals surface area contributed by atoms with Crippen molar-refractivity contribution in [3.63, 3.8) is 0 Å². The first-order chi connectivity index (χ1) is 9.29. The molecular formula is C12H16F2N2O3S. The van der Waals surface area contributed by atoms with Gasteiger partial charge in [0.25, 0.3) is 0 Å².